The van der Waals surface area contributed by atoms with Crippen LogP contribution in [-0.2, 0) is 6.54 Å². The second-order valence-electron chi connectivity index (χ2n) is 3.45. The molecule has 2 rings (SSSR count). The number of nitrogen functional groups attached to an aromatic ring is 1. The summed E-state index contributed by atoms with van der Waals surface area (Å²) in [6, 6.07) is 0. The van der Waals surface area contributed by atoms with Crippen LogP contribution >= 0.6 is 22.9 Å². The third-order valence-corrected chi connectivity index (χ3v) is 3.79. The quantitative estimate of drug-likeness (QED) is 0.860. The molecule has 0 unspecified atom stereocenters. The number of nitrogens with two attached hydrogens (primary N) is 2. The first-order chi connectivity index (χ1) is 8.09. The molecule has 2 heterocycles. The Hall–Kier alpha value is -1.67. The van der Waals surface area contributed by atoms with Crippen molar-refractivity contribution in [1.29, 1.82) is 0 Å². The van der Waals surface area contributed by atoms with Gasteiger partial charge in [-0.05, 0) is 11.5 Å². The Kier molecular flexibility index (Phi) is 3.25. The van der Waals surface area contributed by atoms with Gasteiger partial charge >= 0.3 is 0 Å². The van der Waals surface area contributed by atoms with Gasteiger partial charge in [0.1, 0.15) is 10.6 Å². The SMILES string of the molecule is CN(Cc1cscn1)c1snc(N)c1C(N)=O. The molecule has 2 aromatic heterocycles. The van der Waals surface area contributed by atoms with Crippen molar-refractivity contribution in [2.75, 3.05) is 17.7 Å². The van der Waals surface area contributed by atoms with E-state index in [1.807, 2.05) is 17.3 Å². The summed E-state index contributed by atoms with van der Waals surface area (Å²) in [6.45, 7) is 0.589. The molecule has 90 valence electrons. The zero-order chi connectivity index (χ0) is 12.4. The maximum atomic E-state index is 11.3. The van der Waals surface area contributed by atoms with Crippen molar-refractivity contribution in [3.63, 3.8) is 0 Å². The normalized spacial score (nSPS) is 10.4. The molecule has 0 aliphatic rings. The van der Waals surface area contributed by atoms with Gasteiger partial charge in [0.15, 0.2) is 5.82 Å². The standard InChI is InChI=1S/C9H11N5OS2/c1-14(2-5-3-16-4-12-5)9-6(8(11)15)7(10)13-17-9/h3-4H,2H2,1H3,(H2,10,13)(H2,11,15). The molecule has 0 aromatic carbocycles. The molecular weight excluding hydrogens is 258 g/mol. The number of hydrogen-bond donors (Lipinski definition) is 2. The Morgan fingerprint density at radius 2 is 2.35 bits per heavy atom. The van der Waals surface area contributed by atoms with E-state index in [1.54, 1.807) is 5.51 Å². The van der Waals surface area contributed by atoms with Gasteiger partial charge in [-0.25, -0.2) is 4.98 Å². The van der Waals surface area contributed by atoms with Crippen LogP contribution in [0.3, 0.4) is 0 Å². The molecule has 0 spiro atoms. The van der Waals surface area contributed by atoms with Crippen molar-refractivity contribution in [3.8, 4) is 0 Å². The lowest BCUT2D eigenvalue weighted by Gasteiger charge is -2.16. The Labute approximate surface area is 106 Å². The fourth-order valence-electron chi connectivity index (χ4n) is 1.42. The lowest BCUT2D eigenvalue weighted by molar-refractivity contribution is 0.100. The van der Waals surface area contributed by atoms with E-state index < -0.39 is 5.91 Å². The topological polar surface area (TPSA) is 98.1 Å². The van der Waals surface area contributed by atoms with Crippen molar-refractivity contribution in [1.82, 2.24) is 9.36 Å². The van der Waals surface area contributed by atoms with Crippen molar-refractivity contribution in [3.05, 3.63) is 22.1 Å². The first kappa shape index (κ1) is 11.8. The van der Waals surface area contributed by atoms with E-state index in [2.05, 4.69) is 9.36 Å². The minimum atomic E-state index is -0.559. The van der Waals surface area contributed by atoms with Gasteiger partial charge in [0.2, 0.25) is 0 Å². The molecule has 8 heteroatoms. The van der Waals surface area contributed by atoms with Gasteiger partial charge in [0.05, 0.1) is 17.7 Å². The summed E-state index contributed by atoms with van der Waals surface area (Å²) in [5.74, 6) is -0.376. The molecular formula is C9H11N5OS2. The zero-order valence-electron chi connectivity index (χ0n) is 9.08. The van der Waals surface area contributed by atoms with Crippen molar-refractivity contribution >= 4 is 39.6 Å². The average molecular weight is 269 g/mol. The van der Waals surface area contributed by atoms with Crippen LogP contribution in [-0.4, -0.2) is 22.3 Å². The second kappa shape index (κ2) is 4.68. The van der Waals surface area contributed by atoms with Crippen molar-refractivity contribution in [2.45, 2.75) is 6.54 Å². The molecule has 0 aliphatic carbocycles. The highest BCUT2D eigenvalue weighted by atomic mass is 32.1. The van der Waals surface area contributed by atoms with E-state index in [1.165, 1.54) is 11.3 Å². The third-order valence-electron chi connectivity index (χ3n) is 2.18. The highest BCUT2D eigenvalue weighted by Gasteiger charge is 2.20. The molecule has 2 aromatic rings. The molecule has 0 radical (unpaired) electrons. The average Bonchev–Trinajstić information content (AvgIpc) is 2.86. The Morgan fingerprint density at radius 3 is 2.94 bits per heavy atom. The number of hydrogen-bond acceptors (Lipinski definition) is 7. The van der Waals surface area contributed by atoms with Gasteiger partial charge in [-0.15, -0.1) is 11.3 Å². The highest BCUT2D eigenvalue weighted by Crippen LogP contribution is 2.30. The van der Waals surface area contributed by atoms with E-state index in [0.717, 1.165) is 17.2 Å². The smallest absolute Gasteiger partial charge is 0.255 e. The molecule has 0 bridgehead atoms. The van der Waals surface area contributed by atoms with E-state index in [-0.39, 0.29) is 11.4 Å². The summed E-state index contributed by atoms with van der Waals surface area (Å²) >= 11 is 2.69. The van der Waals surface area contributed by atoms with E-state index >= 15 is 0 Å². The first-order valence-electron chi connectivity index (χ1n) is 4.72. The number of rotatable bonds is 4. The van der Waals surface area contributed by atoms with E-state index in [0.29, 0.717) is 11.5 Å². The van der Waals surface area contributed by atoms with Gasteiger partial charge in [0.25, 0.3) is 5.91 Å². The number of nitrogens with zero attached hydrogens (tertiary/aromatic N) is 3. The highest BCUT2D eigenvalue weighted by molar-refractivity contribution is 7.11. The number of aromatic nitrogens is 2. The van der Waals surface area contributed by atoms with Gasteiger partial charge in [-0.1, -0.05) is 0 Å². The monoisotopic (exact) mass is 269 g/mol. The molecule has 0 atom stereocenters. The fourth-order valence-corrected chi connectivity index (χ4v) is 2.74. The Balaban J connectivity index is 2.25. The molecule has 0 aliphatic heterocycles. The van der Waals surface area contributed by atoms with Crippen LogP contribution < -0.4 is 16.4 Å². The van der Waals surface area contributed by atoms with E-state index in [4.69, 9.17) is 11.5 Å². The Bertz CT molecular complexity index is 521. The number of primary amides is 1. The molecule has 1 amide bonds. The number of anilines is 2. The van der Waals surface area contributed by atoms with Crippen LogP contribution in [0.2, 0.25) is 0 Å². The maximum absolute atomic E-state index is 11.3. The predicted molar refractivity (Wildman–Crippen MR) is 69.3 cm³/mol. The van der Waals surface area contributed by atoms with Crippen LogP contribution in [0.5, 0.6) is 0 Å². The summed E-state index contributed by atoms with van der Waals surface area (Å²) in [5.41, 5.74) is 13.9. The largest absolute Gasteiger partial charge is 0.382 e. The lowest BCUT2D eigenvalue weighted by Crippen LogP contribution is -2.21. The Morgan fingerprint density at radius 1 is 1.59 bits per heavy atom. The zero-order valence-corrected chi connectivity index (χ0v) is 10.7. The minimum Gasteiger partial charge on any atom is -0.382 e. The van der Waals surface area contributed by atoms with E-state index in [9.17, 15) is 4.79 Å². The predicted octanol–water partition coefficient (Wildman–Crippen LogP) is 0.917. The van der Waals surface area contributed by atoms with Crippen molar-refractivity contribution < 1.29 is 4.79 Å². The van der Waals surface area contributed by atoms with Crippen molar-refractivity contribution in [2.24, 2.45) is 5.73 Å². The molecule has 0 saturated heterocycles. The summed E-state index contributed by atoms with van der Waals surface area (Å²) in [6.07, 6.45) is 0. The molecule has 0 saturated carbocycles. The molecule has 6 nitrogen and oxygen atoms in total. The van der Waals surface area contributed by atoms with Crippen LogP contribution in [0.1, 0.15) is 16.1 Å². The fraction of sp³-hybridized carbons (Fsp3) is 0.222. The minimum absolute atomic E-state index is 0.183. The third kappa shape index (κ3) is 2.37. The lowest BCUT2D eigenvalue weighted by atomic mass is 10.3. The van der Waals surface area contributed by atoms with Crippen LogP contribution in [0.4, 0.5) is 10.8 Å². The van der Waals surface area contributed by atoms with Crippen LogP contribution in [0.25, 0.3) is 0 Å². The molecule has 17 heavy (non-hydrogen) atoms. The summed E-state index contributed by atoms with van der Waals surface area (Å²) in [5, 5.41) is 2.62. The summed E-state index contributed by atoms with van der Waals surface area (Å²) in [7, 11) is 1.85. The first-order valence-corrected chi connectivity index (χ1v) is 6.44. The number of carbonyl (C=O) groups is 1. The van der Waals surface area contributed by atoms with Gasteiger partial charge in [-0.2, -0.15) is 4.37 Å². The summed E-state index contributed by atoms with van der Waals surface area (Å²) in [4.78, 5) is 17.3. The maximum Gasteiger partial charge on any atom is 0.255 e. The van der Waals surface area contributed by atoms with Gasteiger partial charge in [-0.3, -0.25) is 4.79 Å². The second-order valence-corrected chi connectivity index (χ2v) is 4.92. The van der Waals surface area contributed by atoms with Crippen LogP contribution in [0, 0.1) is 0 Å². The molecule has 4 N–H and O–H groups in total. The molecule has 0 fully saturated rings. The number of amides is 1. The van der Waals surface area contributed by atoms with Gasteiger partial charge < -0.3 is 16.4 Å². The van der Waals surface area contributed by atoms with Crippen LogP contribution in [0.15, 0.2) is 10.9 Å². The number of carbonyl (C=O) groups excluding carboxylic acids is 1. The summed E-state index contributed by atoms with van der Waals surface area (Å²) < 4.78 is 3.95. The number of thiazole rings is 1. The van der Waals surface area contributed by atoms with Gasteiger partial charge in [0, 0.05) is 12.4 Å².